The monoisotopic (exact) mass is 223 g/mol. The van der Waals surface area contributed by atoms with Crippen molar-refractivity contribution in [2.75, 3.05) is 0 Å². The van der Waals surface area contributed by atoms with Gasteiger partial charge in [0.25, 0.3) is 0 Å². The minimum atomic E-state index is 0.286. The van der Waals surface area contributed by atoms with E-state index in [0.29, 0.717) is 17.6 Å². The third-order valence-electron chi connectivity index (χ3n) is 4.37. The van der Waals surface area contributed by atoms with Gasteiger partial charge < -0.3 is 5.73 Å². The summed E-state index contributed by atoms with van der Waals surface area (Å²) in [5.74, 6) is 1.22. The van der Waals surface area contributed by atoms with Crippen LogP contribution in [0.3, 0.4) is 0 Å². The van der Waals surface area contributed by atoms with Gasteiger partial charge in [-0.1, -0.05) is 32.1 Å². The van der Waals surface area contributed by atoms with Crippen LogP contribution in [0.4, 0.5) is 0 Å². The van der Waals surface area contributed by atoms with E-state index in [0.717, 1.165) is 38.5 Å². The molecule has 2 N–H and O–H groups in total. The number of hydrogen-bond acceptors (Lipinski definition) is 2. The molecule has 2 unspecified atom stereocenters. The Morgan fingerprint density at radius 2 is 1.44 bits per heavy atom. The van der Waals surface area contributed by atoms with Crippen LogP contribution in [0.1, 0.15) is 64.2 Å². The van der Waals surface area contributed by atoms with Gasteiger partial charge in [0.1, 0.15) is 5.78 Å². The molecule has 2 aliphatic rings. The summed E-state index contributed by atoms with van der Waals surface area (Å²) in [7, 11) is 0. The number of Topliss-reactive ketones (excluding diaryl/α,β-unsaturated/α-hetero) is 1. The van der Waals surface area contributed by atoms with Crippen LogP contribution in [-0.2, 0) is 4.79 Å². The van der Waals surface area contributed by atoms with E-state index in [1.165, 1.54) is 25.7 Å². The predicted octanol–water partition coefficient (Wildman–Crippen LogP) is 3.04. The van der Waals surface area contributed by atoms with E-state index in [1.54, 1.807) is 0 Å². The average molecular weight is 223 g/mol. The lowest BCUT2D eigenvalue weighted by Crippen LogP contribution is -2.34. The molecule has 0 aromatic heterocycles. The molecule has 0 saturated heterocycles. The molecule has 92 valence electrons. The topological polar surface area (TPSA) is 43.1 Å². The zero-order chi connectivity index (χ0) is 11.4. The fourth-order valence-electron chi connectivity index (χ4n) is 3.38. The Labute approximate surface area is 99.0 Å². The Balaban J connectivity index is 1.89. The van der Waals surface area contributed by atoms with Crippen LogP contribution in [0.15, 0.2) is 0 Å². The summed E-state index contributed by atoms with van der Waals surface area (Å²) < 4.78 is 0. The summed E-state index contributed by atoms with van der Waals surface area (Å²) in [4.78, 5) is 12.4. The number of ketones is 1. The molecule has 2 saturated carbocycles. The van der Waals surface area contributed by atoms with E-state index in [4.69, 9.17) is 5.73 Å². The van der Waals surface area contributed by atoms with E-state index in [-0.39, 0.29) is 6.04 Å². The van der Waals surface area contributed by atoms with Crippen molar-refractivity contribution in [3.8, 4) is 0 Å². The zero-order valence-electron chi connectivity index (χ0n) is 10.3. The van der Waals surface area contributed by atoms with Crippen LogP contribution in [0, 0.1) is 11.8 Å². The van der Waals surface area contributed by atoms with Crippen molar-refractivity contribution in [2.24, 2.45) is 17.6 Å². The molecule has 16 heavy (non-hydrogen) atoms. The third-order valence-corrected chi connectivity index (χ3v) is 4.37. The van der Waals surface area contributed by atoms with Crippen LogP contribution >= 0.6 is 0 Å². The van der Waals surface area contributed by atoms with E-state index < -0.39 is 0 Å². The molecular weight excluding hydrogens is 198 g/mol. The Bertz CT molecular complexity index is 227. The van der Waals surface area contributed by atoms with Crippen molar-refractivity contribution >= 4 is 5.78 Å². The van der Waals surface area contributed by atoms with Gasteiger partial charge in [-0.3, -0.25) is 4.79 Å². The summed E-state index contributed by atoms with van der Waals surface area (Å²) in [6.45, 7) is 0. The second-order valence-corrected chi connectivity index (χ2v) is 5.71. The maximum absolute atomic E-state index is 12.4. The lowest BCUT2D eigenvalue weighted by molar-refractivity contribution is -0.128. The van der Waals surface area contributed by atoms with E-state index >= 15 is 0 Å². The predicted molar refractivity (Wildman–Crippen MR) is 66.1 cm³/mol. The molecule has 2 nitrogen and oxygen atoms in total. The van der Waals surface area contributed by atoms with Crippen LogP contribution in [-0.4, -0.2) is 11.8 Å². The highest BCUT2D eigenvalue weighted by molar-refractivity contribution is 5.83. The smallest absolute Gasteiger partial charge is 0.139 e. The summed E-state index contributed by atoms with van der Waals surface area (Å²) in [6, 6.07) is 0.286. The summed E-state index contributed by atoms with van der Waals surface area (Å²) in [5, 5.41) is 0. The first-order chi connectivity index (χ1) is 7.77. The van der Waals surface area contributed by atoms with Crippen molar-refractivity contribution in [1.82, 2.24) is 0 Å². The highest BCUT2D eigenvalue weighted by atomic mass is 16.1. The fraction of sp³-hybridized carbons (Fsp3) is 0.929. The van der Waals surface area contributed by atoms with Gasteiger partial charge in [-0.2, -0.15) is 0 Å². The SMILES string of the molecule is NC1CCCC(C(=O)C2CCCCCC2)C1. The van der Waals surface area contributed by atoms with Crippen LogP contribution in [0.2, 0.25) is 0 Å². The van der Waals surface area contributed by atoms with Gasteiger partial charge in [0.2, 0.25) is 0 Å². The Morgan fingerprint density at radius 1 is 0.812 bits per heavy atom. The van der Waals surface area contributed by atoms with Crippen LogP contribution in [0.5, 0.6) is 0 Å². The van der Waals surface area contributed by atoms with Gasteiger partial charge in [-0.05, 0) is 32.1 Å². The Hall–Kier alpha value is -0.370. The number of rotatable bonds is 2. The van der Waals surface area contributed by atoms with Gasteiger partial charge in [0.05, 0.1) is 0 Å². The first-order valence-electron chi connectivity index (χ1n) is 7.06. The molecule has 2 rings (SSSR count). The number of carbonyl (C=O) groups is 1. The molecule has 0 aromatic carbocycles. The number of hydrogen-bond donors (Lipinski definition) is 1. The molecule has 0 amide bonds. The summed E-state index contributed by atoms with van der Waals surface area (Å²) in [6.07, 6.45) is 11.8. The van der Waals surface area contributed by atoms with Gasteiger partial charge in [-0.25, -0.2) is 0 Å². The van der Waals surface area contributed by atoms with Gasteiger partial charge >= 0.3 is 0 Å². The fourth-order valence-corrected chi connectivity index (χ4v) is 3.38. The van der Waals surface area contributed by atoms with E-state index in [1.807, 2.05) is 0 Å². The van der Waals surface area contributed by atoms with E-state index in [9.17, 15) is 4.79 Å². The molecule has 2 aliphatic carbocycles. The molecule has 0 aromatic rings. The number of carbonyl (C=O) groups excluding carboxylic acids is 1. The normalized spacial score (nSPS) is 33.3. The average Bonchev–Trinajstić information content (AvgIpc) is 2.56. The molecular formula is C14H25NO. The standard InChI is InChI=1S/C14H25NO/c15-13-9-5-8-12(10-13)14(16)11-6-3-1-2-4-7-11/h11-13H,1-10,15H2. The summed E-state index contributed by atoms with van der Waals surface area (Å²) in [5.41, 5.74) is 5.97. The lowest BCUT2D eigenvalue weighted by atomic mass is 9.78. The molecule has 2 atom stereocenters. The van der Waals surface area contributed by atoms with Crippen molar-refractivity contribution in [1.29, 1.82) is 0 Å². The van der Waals surface area contributed by atoms with Gasteiger partial charge in [0, 0.05) is 17.9 Å². The molecule has 0 spiro atoms. The second-order valence-electron chi connectivity index (χ2n) is 5.71. The van der Waals surface area contributed by atoms with E-state index in [2.05, 4.69) is 0 Å². The second kappa shape index (κ2) is 5.81. The highest BCUT2D eigenvalue weighted by Crippen LogP contribution is 2.31. The minimum Gasteiger partial charge on any atom is -0.328 e. The highest BCUT2D eigenvalue weighted by Gasteiger charge is 2.30. The zero-order valence-corrected chi connectivity index (χ0v) is 10.3. The molecule has 0 heterocycles. The summed E-state index contributed by atoms with van der Waals surface area (Å²) >= 11 is 0. The maximum Gasteiger partial charge on any atom is 0.139 e. The maximum atomic E-state index is 12.4. The number of nitrogens with two attached hydrogens (primary N) is 1. The molecule has 2 fully saturated rings. The molecule has 0 aliphatic heterocycles. The van der Waals surface area contributed by atoms with Crippen molar-refractivity contribution < 1.29 is 4.79 Å². The van der Waals surface area contributed by atoms with Crippen LogP contribution in [0.25, 0.3) is 0 Å². The van der Waals surface area contributed by atoms with Gasteiger partial charge in [-0.15, -0.1) is 0 Å². The van der Waals surface area contributed by atoms with Gasteiger partial charge in [0.15, 0.2) is 0 Å². The Morgan fingerprint density at radius 3 is 2.06 bits per heavy atom. The van der Waals surface area contributed by atoms with Crippen molar-refractivity contribution in [2.45, 2.75) is 70.3 Å². The first-order valence-corrected chi connectivity index (χ1v) is 7.06. The molecule has 2 heteroatoms. The molecule has 0 bridgehead atoms. The first kappa shape index (κ1) is 12.1. The Kier molecular flexibility index (Phi) is 4.39. The largest absolute Gasteiger partial charge is 0.328 e. The third kappa shape index (κ3) is 3.07. The minimum absolute atomic E-state index is 0.286. The lowest BCUT2D eigenvalue weighted by Gasteiger charge is -2.28. The van der Waals surface area contributed by atoms with Crippen molar-refractivity contribution in [3.05, 3.63) is 0 Å². The quantitative estimate of drug-likeness (QED) is 0.731. The van der Waals surface area contributed by atoms with Crippen molar-refractivity contribution in [3.63, 3.8) is 0 Å². The molecule has 0 radical (unpaired) electrons. The van der Waals surface area contributed by atoms with Crippen LogP contribution < -0.4 is 5.73 Å².